The summed E-state index contributed by atoms with van der Waals surface area (Å²) in [5.41, 5.74) is 2.36. The number of piperidine rings is 1. The quantitative estimate of drug-likeness (QED) is 0.830. The van der Waals surface area contributed by atoms with Crippen molar-refractivity contribution in [3.8, 4) is 0 Å². The lowest BCUT2D eigenvalue weighted by atomic mass is 10.0. The molecule has 2 aliphatic rings. The molecule has 0 spiro atoms. The second-order valence-electron chi connectivity index (χ2n) is 6.88. The Labute approximate surface area is 146 Å². The lowest BCUT2D eigenvalue weighted by Gasteiger charge is -2.34. The summed E-state index contributed by atoms with van der Waals surface area (Å²) in [5.74, 6) is 1.49. The van der Waals surface area contributed by atoms with E-state index in [0.29, 0.717) is 5.82 Å². The van der Waals surface area contributed by atoms with Gasteiger partial charge in [-0.05, 0) is 38.5 Å². The molecule has 7 nitrogen and oxygen atoms in total. The van der Waals surface area contributed by atoms with Crippen molar-refractivity contribution < 1.29 is 0 Å². The molecule has 0 aromatic carbocycles. The van der Waals surface area contributed by atoms with Crippen molar-refractivity contribution in [3.63, 3.8) is 0 Å². The minimum absolute atomic E-state index is 0.126. The maximum absolute atomic E-state index is 12.0. The predicted octanol–water partition coefficient (Wildman–Crippen LogP) is 1.91. The minimum atomic E-state index is -0.126. The first-order valence-corrected chi connectivity index (χ1v) is 9.19. The largest absolute Gasteiger partial charge is 0.365 e. The molecule has 1 atom stereocenters. The fourth-order valence-corrected chi connectivity index (χ4v) is 3.87. The third-order valence-electron chi connectivity index (χ3n) is 5.13. The normalized spacial score (nSPS) is 20.6. The molecular weight excluding hydrogens is 316 g/mol. The van der Waals surface area contributed by atoms with Crippen LogP contribution >= 0.6 is 0 Å². The number of aromatic nitrogens is 4. The molecule has 0 saturated carbocycles. The highest BCUT2D eigenvalue weighted by atomic mass is 16.1. The second-order valence-corrected chi connectivity index (χ2v) is 6.88. The summed E-state index contributed by atoms with van der Waals surface area (Å²) in [5, 5.41) is 3.62. The van der Waals surface area contributed by atoms with Crippen molar-refractivity contribution in [2.24, 2.45) is 0 Å². The molecular formula is C18H24N6O. The number of H-pyrrole nitrogens is 1. The van der Waals surface area contributed by atoms with Crippen molar-refractivity contribution in [3.05, 3.63) is 40.3 Å². The molecule has 4 rings (SSSR count). The van der Waals surface area contributed by atoms with Crippen molar-refractivity contribution >= 4 is 11.6 Å². The molecule has 25 heavy (non-hydrogen) atoms. The van der Waals surface area contributed by atoms with Crippen LogP contribution in [0.15, 0.2) is 23.5 Å². The number of fused-ring (bicyclic) bond motifs is 1. The molecule has 1 fully saturated rings. The number of aromatic amines is 1. The fraction of sp³-hybridized carbons (Fsp3) is 0.556. The highest BCUT2D eigenvalue weighted by molar-refractivity contribution is 5.48. The number of anilines is 2. The maximum Gasteiger partial charge on any atom is 0.290 e. The lowest BCUT2D eigenvalue weighted by molar-refractivity contribution is 0.523. The zero-order chi connectivity index (χ0) is 17.1. The molecule has 1 unspecified atom stereocenters. The summed E-state index contributed by atoms with van der Waals surface area (Å²) < 4.78 is 0. The third-order valence-corrected chi connectivity index (χ3v) is 5.13. The van der Waals surface area contributed by atoms with Gasteiger partial charge in [0.15, 0.2) is 5.82 Å². The van der Waals surface area contributed by atoms with Gasteiger partial charge >= 0.3 is 0 Å². The molecule has 132 valence electrons. The Morgan fingerprint density at radius 1 is 1.12 bits per heavy atom. The van der Waals surface area contributed by atoms with Crippen molar-refractivity contribution in [2.75, 3.05) is 23.3 Å². The van der Waals surface area contributed by atoms with Crippen molar-refractivity contribution in [2.45, 2.75) is 51.0 Å². The minimum Gasteiger partial charge on any atom is -0.365 e. The summed E-state index contributed by atoms with van der Waals surface area (Å²) in [6.07, 6.45) is 12.8. The molecule has 2 N–H and O–H groups in total. The van der Waals surface area contributed by atoms with Crippen molar-refractivity contribution in [1.29, 1.82) is 0 Å². The van der Waals surface area contributed by atoms with Gasteiger partial charge in [0.05, 0.1) is 0 Å². The number of nitrogens with one attached hydrogen (secondary N) is 2. The van der Waals surface area contributed by atoms with Gasteiger partial charge in [-0.2, -0.15) is 0 Å². The molecule has 0 radical (unpaired) electrons. The van der Waals surface area contributed by atoms with Crippen LogP contribution in [0.5, 0.6) is 0 Å². The van der Waals surface area contributed by atoms with Gasteiger partial charge in [0.1, 0.15) is 12.1 Å². The fourth-order valence-electron chi connectivity index (χ4n) is 3.87. The second kappa shape index (κ2) is 7.21. The van der Waals surface area contributed by atoms with Crippen LogP contribution in [0, 0.1) is 0 Å². The van der Waals surface area contributed by atoms with Crippen LogP contribution in [-0.4, -0.2) is 39.1 Å². The summed E-state index contributed by atoms with van der Waals surface area (Å²) in [6.45, 7) is 1.62. The summed E-state index contributed by atoms with van der Waals surface area (Å²) in [6, 6.07) is 0.261. The van der Waals surface area contributed by atoms with E-state index >= 15 is 0 Å². The van der Waals surface area contributed by atoms with Crippen LogP contribution in [0.3, 0.4) is 0 Å². The van der Waals surface area contributed by atoms with E-state index in [-0.39, 0.29) is 11.6 Å². The van der Waals surface area contributed by atoms with Gasteiger partial charge in [-0.3, -0.25) is 4.79 Å². The molecule has 2 aromatic heterocycles. The Hall–Kier alpha value is -2.44. The molecule has 1 aliphatic carbocycles. The van der Waals surface area contributed by atoms with Crippen LogP contribution in [0.25, 0.3) is 0 Å². The molecule has 3 heterocycles. The van der Waals surface area contributed by atoms with Crippen LogP contribution in [0.1, 0.15) is 43.4 Å². The van der Waals surface area contributed by atoms with Gasteiger partial charge in [-0.15, -0.1) is 0 Å². The Kier molecular flexibility index (Phi) is 4.63. The number of aryl methyl sites for hydroxylation is 1. The molecule has 0 bridgehead atoms. The van der Waals surface area contributed by atoms with Gasteiger partial charge in [-0.25, -0.2) is 15.0 Å². The summed E-state index contributed by atoms with van der Waals surface area (Å²) in [4.78, 5) is 30.1. The summed E-state index contributed by atoms with van der Waals surface area (Å²) in [7, 11) is 0. The maximum atomic E-state index is 12.0. The third kappa shape index (κ3) is 3.50. The van der Waals surface area contributed by atoms with E-state index in [1.807, 2.05) is 0 Å². The number of nitrogens with zero attached hydrogens (tertiary/aromatic N) is 4. The monoisotopic (exact) mass is 340 g/mol. The smallest absolute Gasteiger partial charge is 0.290 e. The van der Waals surface area contributed by atoms with Gasteiger partial charge in [0.2, 0.25) is 0 Å². The first-order valence-electron chi connectivity index (χ1n) is 9.19. The van der Waals surface area contributed by atoms with E-state index in [0.717, 1.165) is 44.6 Å². The van der Waals surface area contributed by atoms with E-state index in [4.69, 9.17) is 0 Å². The zero-order valence-corrected chi connectivity index (χ0v) is 14.4. The topological polar surface area (TPSA) is 86.8 Å². The number of hydrogen-bond donors (Lipinski definition) is 2. The lowest BCUT2D eigenvalue weighted by Crippen LogP contribution is -2.44. The number of rotatable bonds is 3. The molecule has 0 amide bonds. The predicted molar refractivity (Wildman–Crippen MR) is 97.0 cm³/mol. The van der Waals surface area contributed by atoms with E-state index in [2.05, 4.69) is 30.2 Å². The van der Waals surface area contributed by atoms with Crippen LogP contribution in [0.4, 0.5) is 11.6 Å². The Bertz CT molecular complexity index is 789. The molecule has 1 saturated heterocycles. The highest BCUT2D eigenvalue weighted by Gasteiger charge is 2.24. The summed E-state index contributed by atoms with van der Waals surface area (Å²) >= 11 is 0. The van der Waals surface area contributed by atoms with Crippen LogP contribution in [-0.2, 0) is 12.8 Å². The average Bonchev–Trinajstić information content (AvgIpc) is 2.89. The van der Waals surface area contributed by atoms with E-state index < -0.39 is 0 Å². The first kappa shape index (κ1) is 16.1. The first-order chi connectivity index (χ1) is 12.3. The molecule has 7 heteroatoms. The molecule has 2 aromatic rings. The SMILES string of the molecule is O=c1[nH]ccnc1N1CCCC(Nc2ncnc3c2CCCCC3)C1. The average molecular weight is 340 g/mol. The Balaban J connectivity index is 1.52. The van der Waals surface area contributed by atoms with Crippen LogP contribution < -0.4 is 15.8 Å². The van der Waals surface area contributed by atoms with E-state index in [1.165, 1.54) is 30.5 Å². The highest BCUT2D eigenvalue weighted by Crippen LogP contribution is 2.26. The van der Waals surface area contributed by atoms with E-state index in [1.54, 1.807) is 18.7 Å². The van der Waals surface area contributed by atoms with Crippen LogP contribution in [0.2, 0.25) is 0 Å². The zero-order valence-electron chi connectivity index (χ0n) is 14.4. The number of hydrogen-bond acceptors (Lipinski definition) is 6. The van der Waals surface area contributed by atoms with E-state index in [9.17, 15) is 4.79 Å². The van der Waals surface area contributed by atoms with Gasteiger partial charge < -0.3 is 15.2 Å². The van der Waals surface area contributed by atoms with Gasteiger partial charge in [-0.1, -0.05) is 6.42 Å². The Morgan fingerprint density at radius 2 is 2.04 bits per heavy atom. The van der Waals surface area contributed by atoms with Gasteiger partial charge in [0.25, 0.3) is 5.56 Å². The van der Waals surface area contributed by atoms with Gasteiger partial charge in [0, 0.05) is 42.8 Å². The molecule has 1 aliphatic heterocycles. The van der Waals surface area contributed by atoms with Crippen molar-refractivity contribution in [1.82, 2.24) is 19.9 Å². The standard InChI is InChI=1S/C18H24N6O/c25-18-17(19-8-9-20-18)24-10-4-5-13(11-24)23-16-14-6-2-1-3-7-15(14)21-12-22-16/h8-9,12-13H,1-7,10-11H2,(H,20,25)(H,21,22,23). The Morgan fingerprint density at radius 3 is 2.96 bits per heavy atom.